The van der Waals surface area contributed by atoms with Gasteiger partial charge >= 0.3 is 6.03 Å². The third-order valence-corrected chi connectivity index (χ3v) is 5.02. The number of carbonyl (C=O) groups is 1. The maximum Gasteiger partial charge on any atom is 0.321 e. The second-order valence-corrected chi connectivity index (χ2v) is 6.97. The first-order valence-corrected chi connectivity index (χ1v) is 8.61. The molecule has 0 atom stereocenters. The van der Waals surface area contributed by atoms with Crippen LogP contribution in [0.4, 0.5) is 9.93 Å². The van der Waals surface area contributed by atoms with Crippen LogP contribution in [0.3, 0.4) is 0 Å². The number of thioether (sulfide) groups is 1. The van der Waals surface area contributed by atoms with E-state index in [2.05, 4.69) is 20.8 Å². The summed E-state index contributed by atoms with van der Waals surface area (Å²) in [7, 11) is 1.67. The minimum absolute atomic E-state index is 0.179. The predicted molar refractivity (Wildman–Crippen MR) is 81.5 cm³/mol. The number of hydrogen-bond acceptors (Lipinski definition) is 6. The van der Waals surface area contributed by atoms with Crippen LogP contribution in [0.5, 0.6) is 0 Å². The molecule has 112 valence electrons. The maximum atomic E-state index is 11.8. The molecule has 0 aliphatic heterocycles. The molecule has 1 fully saturated rings. The molecule has 0 aromatic carbocycles. The number of ether oxygens (including phenoxy) is 1. The molecule has 8 heteroatoms. The molecule has 1 aromatic rings. The van der Waals surface area contributed by atoms with Gasteiger partial charge in [0.1, 0.15) is 0 Å². The first kappa shape index (κ1) is 15.5. The van der Waals surface area contributed by atoms with E-state index in [-0.39, 0.29) is 6.03 Å². The molecule has 2 N–H and O–H groups in total. The van der Waals surface area contributed by atoms with E-state index >= 15 is 0 Å². The van der Waals surface area contributed by atoms with E-state index in [1.54, 1.807) is 18.9 Å². The number of nitrogens with one attached hydrogen (secondary N) is 2. The minimum Gasteiger partial charge on any atom is -0.384 e. The topological polar surface area (TPSA) is 76.1 Å². The minimum atomic E-state index is -0.179. The average Bonchev–Trinajstić information content (AvgIpc) is 2.87. The molecule has 2 amide bonds. The van der Waals surface area contributed by atoms with Gasteiger partial charge < -0.3 is 10.1 Å². The SMILES string of the molecule is COCCSc1nnc(NC(=O)NC2CCCCC2)s1. The molecule has 2 rings (SSSR count). The number of amides is 2. The van der Waals surface area contributed by atoms with Crippen LogP contribution in [0.1, 0.15) is 32.1 Å². The summed E-state index contributed by atoms with van der Waals surface area (Å²) in [6.45, 7) is 0.676. The van der Waals surface area contributed by atoms with Gasteiger partial charge in [0.25, 0.3) is 0 Å². The Morgan fingerprint density at radius 2 is 2.20 bits per heavy atom. The summed E-state index contributed by atoms with van der Waals surface area (Å²) in [4.78, 5) is 11.8. The van der Waals surface area contributed by atoms with Crippen molar-refractivity contribution in [2.24, 2.45) is 0 Å². The fraction of sp³-hybridized carbons (Fsp3) is 0.750. The van der Waals surface area contributed by atoms with Crippen LogP contribution in [0.15, 0.2) is 4.34 Å². The average molecular weight is 316 g/mol. The molecule has 0 spiro atoms. The van der Waals surface area contributed by atoms with E-state index in [1.807, 2.05) is 0 Å². The molecule has 1 aliphatic rings. The lowest BCUT2D eigenvalue weighted by atomic mass is 9.96. The molecule has 0 bridgehead atoms. The van der Waals surface area contributed by atoms with E-state index in [4.69, 9.17) is 4.74 Å². The smallest absolute Gasteiger partial charge is 0.321 e. The number of nitrogens with zero attached hydrogens (tertiary/aromatic N) is 2. The maximum absolute atomic E-state index is 11.8. The summed E-state index contributed by atoms with van der Waals surface area (Å²) in [5.74, 6) is 0.833. The number of aromatic nitrogens is 2. The lowest BCUT2D eigenvalue weighted by Gasteiger charge is -2.22. The lowest BCUT2D eigenvalue weighted by Crippen LogP contribution is -2.38. The Hall–Kier alpha value is -0.860. The zero-order chi connectivity index (χ0) is 14.2. The Labute approximate surface area is 127 Å². The van der Waals surface area contributed by atoms with Crippen molar-refractivity contribution in [3.63, 3.8) is 0 Å². The van der Waals surface area contributed by atoms with Gasteiger partial charge in [-0.1, -0.05) is 42.4 Å². The van der Waals surface area contributed by atoms with Crippen molar-refractivity contribution in [1.29, 1.82) is 0 Å². The number of anilines is 1. The quantitative estimate of drug-likeness (QED) is 0.479. The molecule has 20 heavy (non-hydrogen) atoms. The summed E-state index contributed by atoms with van der Waals surface area (Å²) < 4.78 is 5.82. The van der Waals surface area contributed by atoms with Gasteiger partial charge in [0.05, 0.1) is 6.61 Å². The highest BCUT2D eigenvalue weighted by atomic mass is 32.2. The van der Waals surface area contributed by atoms with E-state index in [1.165, 1.54) is 30.6 Å². The number of hydrogen-bond donors (Lipinski definition) is 2. The molecule has 0 unspecified atom stereocenters. The Morgan fingerprint density at radius 3 is 2.95 bits per heavy atom. The Bertz CT molecular complexity index is 421. The Morgan fingerprint density at radius 1 is 1.40 bits per heavy atom. The largest absolute Gasteiger partial charge is 0.384 e. The van der Waals surface area contributed by atoms with Crippen molar-refractivity contribution < 1.29 is 9.53 Å². The van der Waals surface area contributed by atoms with Crippen molar-refractivity contribution >= 4 is 34.3 Å². The van der Waals surface area contributed by atoms with Crippen molar-refractivity contribution in [2.75, 3.05) is 24.8 Å². The Balaban J connectivity index is 1.73. The number of methoxy groups -OCH3 is 1. The number of rotatable bonds is 6. The molecule has 6 nitrogen and oxygen atoms in total. The van der Waals surface area contributed by atoms with Crippen molar-refractivity contribution in [3.05, 3.63) is 0 Å². The highest BCUT2D eigenvalue weighted by Crippen LogP contribution is 2.25. The van der Waals surface area contributed by atoms with Crippen molar-refractivity contribution in [2.45, 2.75) is 42.5 Å². The molecular formula is C12H20N4O2S2. The van der Waals surface area contributed by atoms with Crippen LogP contribution in [-0.2, 0) is 4.74 Å². The van der Waals surface area contributed by atoms with Gasteiger partial charge in [-0.2, -0.15) is 0 Å². The van der Waals surface area contributed by atoms with Gasteiger partial charge in [-0.25, -0.2) is 4.79 Å². The summed E-state index contributed by atoms with van der Waals surface area (Å²) in [6.07, 6.45) is 5.82. The first-order valence-electron chi connectivity index (χ1n) is 6.80. The van der Waals surface area contributed by atoms with Gasteiger partial charge in [-0.3, -0.25) is 5.32 Å². The molecule has 1 saturated carbocycles. The zero-order valence-corrected chi connectivity index (χ0v) is 13.2. The predicted octanol–water partition coefficient (Wildman–Crippen LogP) is 2.73. The summed E-state index contributed by atoms with van der Waals surface area (Å²) in [6, 6.07) is 0.119. The molecular weight excluding hydrogens is 296 g/mol. The Kier molecular flexibility index (Phi) is 6.55. The van der Waals surface area contributed by atoms with Crippen LogP contribution in [0, 0.1) is 0 Å². The van der Waals surface area contributed by atoms with E-state index in [0.29, 0.717) is 17.8 Å². The van der Waals surface area contributed by atoms with E-state index < -0.39 is 0 Å². The molecule has 1 heterocycles. The second kappa shape index (κ2) is 8.43. The van der Waals surface area contributed by atoms with Crippen LogP contribution in [0.25, 0.3) is 0 Å². The van der Waals surface area contributed by atoms with Crippen LogP contribution >= 0.6 is 23.1 Å². The molecule has 0 radical (unpaired) electrons. The van der Waals surface area contributed by atoms with Crippen LogP contribution in [0.2, 0.25) is 0 Å². The van der Waals surface area contributed by atoms with E-state index in [0.717, 1.165) is 22.9 Å². The van der Waals surface area contributed by atoms with Crippen LogP contribution in [-0.4, -0.2) is 41.7 Å². The zero-order valence-electron chi connectivity index (χ0n) is 11.6. The highest BCUT2D eigenvalue weighted by molar-refractivity contribution is 8.01. The molecule has 1 aliphatic carbocycles. The van der Waals surface area contributed by atoms with Crippen molar-refractivity contribution in [1.82, 2.24) is 15.5 Å². The first-order chi connectivity index (χ1) is 9.78. The third-order valence-electron chi connectivity index (χ3n) is 3.08. The monoisotopic (exact) mass is 316 g/mol. The normalized spacial score (nSPS) is 16.1. The lowest BCUT2D eigenvalue weighted by molar-refractivity contribution is 0.218. The molecule has 0 saturated heterocycles. The van der Waals surface area contributed by atoms with Gasteiger partial charge in [0.15, 0.2) is 4.34 Å². The van der Waals surface area contributed by atoms with Gasteiger partial charge in [0, 0.05) is 18.9 Å². The third kappa shape index (κ3) is 5.26. The standard InChI is InChI=1S/C12H20N4O2S2/c1-18-7-8-19-12-16-15-11(20-12)14-10(17)13-9-5-3-2-4-6-9/h9H,2-8H2,1H3,(H2,13,14,15,17). The second-order valence-electron chi connectivity index (χ2n) is 4.65. The van der Waals surface area contributed by atoms with Gasteiger partial charge in [-0.15, -0.1) is 10.2 Å². The fourth-order valence-corrected chi connectivity index (χ4v) is 3.81. The molecule has 1 aromatic heterocycles. The van der Waals surface area contributed by atoms with E-state index in [9.17, 15) is 4.79 Å². The highest BCUT2D eigenvalue weighted by Gasteiger charge is 2.16. The van der Waals surface area contributed by atoms with Crippen LogP contribution < -0.4 is 10.6 Å². The van der Waals surface area contributed by atoms with Gasteiger partial charge in [-0.05, 0) is 12.8 Å². The number of carbonyl (C=O) groups excluding carboxylic acids is 1. The summed E-state index contributed by atoms with van der Waals surface area (Å²) >= 11 is 2.96. The summed E-state index contributed by atoms with van der Waals surface area (Å²) in [5, 5.41) is 14.3. The van der Waals surface area contributed by atoms with Gasteiger partial charge in [0.2, 0.25) is 5.13 Å². The fourth-order valence-electron chi connectivity index (χ4n) is 2.10. The summed E-state index contributed by atoms with van der Waals surface area (Å²) in [5.41, 5.74) is 0. The number of urea groups is 1. The van der Waals surface area contributed by atoms with Crippen molar-refractivity contribution in [3.8, 4) is 0 Å².